The van der Waals surface area contributed by atoms with Gasteiger partial charge in [0.05, 0.1) is 12.4 Å². The summed E-state index contributed by atoms with van der Waals surface area (Å²) in [6.07, 6.45) is 3.76. The molecule has 15 nitrogen and oxygen atoms in total. The number of carboxylic acid groups (broad SMARTS) is 1. The quantitative estimate of drug-likeness (QED) is 0.0897. The fraction of sp³-hybridized carbons (Fsp3) is 0.462. The second-order valence-electron chi connectivity index (χ2n) is 9.57. The summed E-state index contributed by atoms with van der Waals surface area (Å²) in [6, 6.07) is 1.13. The summed E-state index contributed by atoms with van der Waals surface area (Å²) in [6.45, 7) is 0.444. The molecular formula is C26H38N8O7. The van der Waals surface area contributed by atoms with Crippen LogP contribution in [0.3, 0.4) is 0 Å². The zero-order valence-electron chi connectivity index (χ0n) is 22.5. The Morgan fingerprint density at radius 3 is 2.10 bits per heavy atom. The molecule has 0 spiro atoms. The summed E-state index contributed by atoms with van der Waals surface area (Å²) in [5, 5.41) is 26.7. The minimum Gasteiger partial charge on any atom is -0.508 e. The number of rotatable bonds is 18. The fourth-order valence-electron chi connectivity index (χ4n) is 3.91. The molecule has 15 heteroatoms. The third-order valence-corrected chi connectivity index (χ3v) is 6.22. The van der Waals surface area contributed by atoms with Gasteiger partial charge < -0.3 is 48.3 Å². The number of nitrogens with two attached hydrogens (primary N) is 3. The van der Waals surface area contributed by atoms with Gasteiger partial charge in [0.1, 0.15) is 23.9 Å². The molecule has 4 unspecified atom stereocenters. The molecule has 1 aromatic heterocycles. The van der Waals surface area contributed by atoms with Crippen LogP contribution in [-0.2, 0) is 36.8 Å². The lowest BCUT2D eigenvalue weighted by molar-refractivity contribution is -0.142. The Morgan fingerprint density at radius 1 is 0.878 bits per heavy atom. The van der Waals surface area contributed by atoms with E-state index in [0.29, 0.717) is 37.1 Å². The van der Waals surface area contributed by atoms with E-state index in [1.54, 1.807) is 12.1 Å². The number of nitrogens with one attached hydrogen (secondary N) is 4. The smallest absolute Gasteiger partial charge is 0.326 e. The van der Waals surface area contributed by atoms with Gasteiger partial charge in [-0.15, -0.1) is 0 Å². The van der Waals surface area contributed by atoms with Gasteiger partial charge in [-0.25, -0.2) is 9.78 Å². The number of phenols is 1. The first-order chi connectivity index (χ1) is 19.5. The Morgan fingerprint density at radius 2 is 1.51 bits per heavy atom. The van der Waals surface area contributed by atoms with Gasteiger partial charge in [0.2, 0.25) is 23.6 Å². The number of carboxylic acids is 1. The molecule has 0 fully saturated rings. The summed E-state index contributed by atoms with van der Waals surface area (Å²) in [4.78, 5) is 69.2. The fourth-order valence-corrected chi connectivity index (χ4v) is 3.91. The van der Waals surface area contributed by atoms with Crippen LogP contribution in [0.15, 0.2) is 36.8 Å². The van der Waals surface area contributed by atoms with Gasteiger partial charge in [-0.1, -0.05) is 18.6 Å². The molecule has 4 atom stereocenters. The number of aromatic hydroxyl groups is 1. The molecule has 224 valence electrons. The number of carbonyl (C=O) groups is 5. The molecule has 1 aromatic carbocycles. The van der Waals surface area contributed by atoms with Crippen LogP contribution in [-0.4, -0.2) is 80.5 Å². The highest BCUT2D eigenvalue weighted by molar-refractivity contribution is 5.94. The van der Waals surface area contributed by atoms with Crippen LogP contribution in [0.5, 0.6) is 5.75 Å². The number of H-pyrrole nitrogens is 1. The molecule has 1 heterocycles. The number of nitrogens with zero attached hydrogens (tertiary/aromatic N) is 1. The first kappa shape index (κ1) is 32.7. The average molecular weight is 575 g/mol. The molecule has 2 aromatic rings. The van der Waals surface area contributed by atoms with Crippen molar-refractivity contribution in [3.05, 3.63) is 48.0 Å². The summed E-state index contributed by atoms with van der Waals surface area (Å²) < 4.78 is 0. The minimum atomic E-state index is -1.37. The highest BCUT2D eigenvalue weighted by Crippen LogP contribution is 2.12. The number of aliphatic carboxylic acids is 1. The minimum absolute atomic E-state index is 0.00649. The number of amides is 4. The van der Waals surface area contributed by atoms with Crippen molar-refractivity contribution in [2.75, 3.05) is 6.54 Å². The maximum absolute atomic E-state index is 13.4. The van der Waals surface area contributed by atoms with Gasteiger partial charge in [-0.05, 0) is 43.5 Å². The second kappa shape index (κ2) is 16.6. The second-order valence-corrected chi connectivity index (χ2v) is 9.57. The lowest BCUT2D eigenvalue weighted by atomic mass is 10.0. The van der Waals surface area contributed by atoms with Crippen molar-refractivity contribution in [2.45, 2.75) is 69.1 Å². The number of aromatic amines is 1. The van der Waals surface area contributed by atoms with Crippen LogP contribution in [0.2, 0.25) is 0 Å². The molecular weight excluding hydrogens is 536 g/mol. The van der Waals surface area contributed by atoms with Gasteiger partial charge in [0.15, 0.2) is 0 Å². The molecule has 0 saturated heterocycles. The Bertz CT molecular complexity index is 1160. The van der Waals surface area contributed by atoms with Crippen LogP contribution in [0.25, 0.3) is 0 Å². The normalized spacial score (nSPS) is 13.8. The van der Waals surface area contributed by atoms with Crippen molar-refractivity contribution >= 4 is 29.6 Å². The first-order valence-corrected chi connectivity index (χ1v) is 13.1. The Labute approximate surface area is 236 Å². The summed E-state index contributed by atoms with van der Waals surface area (Å²) in [5.74, 6) is -4.28. The SMILES string of the molecule is NCCCCC(N)C(=O)NC(Cc1ccc(O)cc1)C(=O)NC(CCC(N)=O)C(=O)NC(Cc1cnc[nH]1)C(=O)O. The average Bonchev–Trinajstić information content (AvgIpc) is 3.44. The van der Waals surface area contributed by atoms with Crippen molar-refractivity contribution in [2.24, 2.45) is 17.2 Å². The third-order valence-electron chi connectivity index (χ3n) is 6.22. The Hall–Kier alpha value is -4.50. The number of imidazole rings is 1. The molecule has 0 bridgehead atoms. The van der Waals surface area contributed by atoms with E-state index < -0.39 is 53.8 Å². The van der Waals surface area contributed by atoms with Crippen molar-refractivity contribution in [3.63, 3.8) is 0 Å². The van der Waals surface area contributed by atoms with E-state index in [4.69, 9.17) is 17.2 Å². The van der Waals surface area contributed by atoms with Gasteiger partial charge in [-0.2, -0.15) is 0 Å². The molecule has 0 aliphatic carbocycles. The third kappa shape index (κ3) is 11.6. The largest absolute Gasteiger partial charge is 0.508 e. The number of benzene rings is 1. The number of unbranched alkanes of at least 4 members (excludes halogenated alkanes) is 1. The lowest BCUT2D eigenvalue weighted by Crippen LogP contribution is -2.58. The number of hydrogen-bond donors (Lipinski definition) is 9. The maximum atomic E-state index is 13.4. The molecule has 4 amide bonds. The van der Waals surface area contributed by atoms with E-state index in [1.807, 2.05) is 0 Å². The van der Waals surface area contributed by atoms with E-state index in [0.717, 1.165) is 0 Å². The Balaban J connectivity index is 2.22. The topological polar surface area (TPSA) is 269 Å². The molecule has 0 radical (unpaired) electrons. The first-order valence-electron chi connectivity index (χ1n) is 13.1. The number of carbonyl (C=O) groups excluding carboxylic acids is 4. The van der Waals surface area contributed by atoms with Crippen molar-refractivity contribution in [3.8, 4) is 5.75 Å². The molecule has 0 aliphatic heterocycles. The van der Waals surface area contributed by atoms with Crippen LogP contribution in [0, 0.1) is 0 Å². The van der Waals surface area contributed by atoms with E-state index in [2.05, 4.69) is 25.9 Å². The van der Waals surface area contributed by atoms with E-state index in [-0.39, 0.29) is 31.4 Å². The number of phenolic OH excluding ortho intramolecular Hbond substituents is 1. The zero-order valence-corrected chi connectivity index (χ0v) is 22.5. The van der Waals surface area contributed by atoms with Gasteiger partial charge in [-0.3, -0.25) is 19.2 Å². The molecule has 41 heavy (non-hydrogen) atoms. The van der Waals surface area contributed by atoms with Crippen LogP contribution >= 0.6 is 0 Å². The number of primary amides is 1. The lowest BCUT2D eigenvalue weighted by Gasteiger charge is -2.25. The monoisotopic (exact) mass is 574 g/mol. The predicted molar refractivity (Wildman–Crippen MR) is 147 cm³/mol. The van der Waals surface area contributed by atoms with Gasteiger partial charge >= 0.3 is 5.97 Å². The highest BCUT2D eigenvalue weighted by Gasteiger charge is 2.31. The van der Waals surface area contributed by atoms with E-state index >= 15 is 0 Å². The predicted octanol–water partition coefficient (Wildman–Crippen LogP) is -1.84. The van der Waals surface area contributed by atoms with Crippen molar-refractivity contribution in [1.29, 1.82) is 0 Å². The number of hydrogen-bond acceptors (Lipinski definition) is 9. The molecule has 0 aliphatic rings. The summed E-state index contributed by atoms with van der Waals surface area (Å²) in [5.41, 5.74) is 17.8. The summed E-state index contributed by atoms with van der Waals surface area (Å²) >= 11 is 0. The molecule has 12 N–H and O–H groups in total. The van der Waals surface area contributed by atoms with Crippen molar-refractivity contribution in [1.82, 2.24) is 25.9 Å². The van der Waals surface area contributed by atoms with Crippen LogP contribution < -0.4 is 33.2 Å². The zero-order chi connectivity index (χ0) is 30.4. The van der Waals surface area contributed by atoms with Gasteiger partial charge in [0, 0.05) is 31.2 Å². The van der Waals surface area contributed by atoms with E-state index in [1.165, 1.54) is 24.7 Å². The number of aromatic nitrogens is 2. The van der Waals surface area contributed by atoms with Crippen LogP contribution in [0.1, 0.15) is 43.4 Å². The van der Waals surface area contributed by atoms with Gasteiger partial charge in [0.25, 0.3) is 0 Å². The standard InChI is InChI=1S/C26H38N8O7/c27-10-2-1-3-18(28)23(37)33-20(11-15-4-6-17(35)7-5-15)25(39)32-19(8-9-22(29)36)24(38)34-21(26(40)41)12-16-13-30-14-31-16/h4-7,13-14,18-21,35H,1-3,8-12,27-28H2,(H2,29,36)(H,30,31)(H,32,39)(H,33,37)(H,34,38)(H,40,41). The highest BCUT2D eigenvalue weighted by atomic mass is 16.4. The van der Waals surface area contributed by atoms with Crippen molar-refractivity contribution < 1.29 is 34.2 Å². The Kier molecular flexibility index (Phi) is 13.2. The summed E-state index contributed by atoms with van der Waals surface area (Å²) in [7, 11) is 0. The maximum Gasteiger partial charge on any atom is 0.326 e. The molecule has 0 saturated carbocycles. The molecule has 2 rings (SSSR count). The van der Waals surface area contributed by atoms with Crippen LogP contribution in [0.4, 0.5) is 0 Å². The van der Waals surface area contributed by atoms with E-state index in [9.17, 15) is 34.2 Å².